The normalized spacial score (nSPS) is 15.6. The van der Waals surface area contributed by atoms with Gasteiger partial charge in [0.25, 0.3) is 5.56 Å². The molecule has 1 aliphatic heterocycles. The van der Waals surface area contributed by atoms with Crippen molar-refractivity contribution >= 4 is 39.5 Å². The Balaban J connectivity index is 1.59. The Hall–Kier alpha value is -2.75. The molecule has 150 valence electrons. The number of carbonyl (C=O) groups is 3. The van der Waals surface area contributed by atoms with Crippen LogP contribution in [0.3, 0.4) is 0 Å². The highest BCUT2D eigenvalue weighted by molar-refractivity contribution is 7.18. The van der Waals surface area contributed by atoms with Crippen LogP contribution in [0.25, 0.3) is 10.2 Å². The standard InChI is InChI=1S/C18H22N4O5S/c1-9-11(3)28-17-14(9)16(25)19-15(20-17)10(2)27-13(24)6-5-7-22-12(23)8-21(4)18(22)26/h10H,5-8H2,1-4H3,(H,19,20,25)/t10-/m0/s1. The number of aromatic nitrogens is 2. The molecule has 1 atom stereocenters. The van der Waals surface area contributed by atoms with Crippen molar-refractivity contribution in [1.82, 2.24) is 19.8 Å². The van der Waals surface area contributed by atoms with Gasteiger partial charge in [-0.3, -0.25) is 19.3 Å². The second kappa shape index (κ2) is 7.70. The Bertz CT molecular complexity index is 1010. The summed E-state index contributed by atoms with van der Waals surface area (Å²) in [5.41, 5.74) is 0.654. The van der Waals surface area contributed by atoms with Crippen molar-refractivity contribution in [2.45, 2.75) is 39.7 Å². The second-order valence-corrected chi connectivity index (χ2v) is 8.04. The first-order valence-corrected chi connectivity index (χ1v) is 9.75. The Labute approximate surface area is 165 Å². The van der Waals surface area contributed by atoms with Gasteiger partial charge in [-0.2, -0.15) is 0 Å². The molecule has 9 nitrogen and oxygen atoms in total. The van der Waals surface area contributed by atoms with E-state index in [9.17, 15) is 19.2 Å². The Morgan fingerprint density at radius 3 is 2.68 bits per heavy atom. The van der Waals surface area contributed by atoms with Crippen molar-refractivity contribution < 1.29 is 19.1 Å². The van der Waals surface area contributed by atoms with Crippen LogP contribution in [0.5, 0.6) is 0 Å². The number of ether oxygens (including phenoxy) is 1. The van der Waals surface area contributed by atoms with Gasteiger partial charge in [-0.1, -0.05) is 0 Å². The summed E-state index contributed by atoms with van der Waals surface area (Å²) in [6.45, 7) is 5.67. The van der Waals surface area contributed by atoms with Crippen LogP contribution >= 0.6 is 11.3 Å². The highest BCUT2D eigenvalue weighted by Gasteiger charge is 2.33. The number of imide groups is 1. The molecular formula is C18H22N4O5S. The average Bonchev–Trinajstić information content (AvgIpc) is 3.04. The molecule has 0 aromatic carbocycles. The van der Waals surface area contributed by atoms with Gasteiger partial charge in [0.15, 0.2) is 11.9 Å². The van der Waals surface area contributed by atoms with Gasteiger partial charge in [-0.05, 0) is 32.8 Å². The first kappa shape index (κ1) is 20.0. The number of carbonyl (C=O) groups excluding carboxylic acids is 3. The van der Waals surface area contributed by atoms with E-state index in [2.05, 4.69) is 9.97 Å². The fourth-order valence-electron chi connectivity index (χ4n) is 3.05. The monoisotopic (exact) mass is 406 g/mol. The van der Waals surface area contributed by atoms with E-state index in [1.807, 2.05) is 13.8 Å². The van der Waals surface area contributed by atoms with Crippen LogP contribution in [0.2, 0.25) is 0 Å². The van der Waals surface area contributed by atoms with Gasteiger partial charge in [0.2, 0.25) is 5.91 Å². The number of aromatic amines is 1. The molecule has 1 aliphatic rings. The van der Waals surface area contributed by atoms with Crippen molar-refractivity contribution in [1.29, 1.82) is 0 Å². The van der Waals surface area contributed by atoms with Crippen molar-refractivity contribution in [2.24, 2.45) is 0 Å². The number of amides is 3. The van der Waals surface area contributed by atoms with Gasteiger partial charge in [-0.15, -0.1) is 11.3 Å². The number of rotatable bonds is 6. The zero-order valence-corrected chi connectivity index (χ0v) is 17.0. The Morgan fingerprint density at radius 2 is 2.04 bits per heavy atom. The summed E-state index contributed by atoms with van der Waals surface area (Å²) in [7, 11) is 1.55. The van der Waals surface area contributed by atoms with E-state index < -0.39 is 12.1 Å². The van der Waals surface area contributed by atoms with Crippen LogP contribution in [0.1, 0.15) is 42.1 Å². The second-order valence-electron chi connectivity index (χ2n) is 6.83. The summed E-state index contributed by atoms with van der Waals surface area (Å²) < 4.78 is 5.35. The summed E-state index contributed by atoms with van der Waals surface area (Å²) in [4.78, 5) is 59.1. The van der Waals surface area contributed by atoms with Crippen LogP contribution in [-0.2, 0) is 14.3 Å². The smallest absolute Gasteiger partial charge is 0.326 e. The predicted octanol–water partition coefficient (Wildman–Crippen LogP) is 1.88. The number of likely N-dealkylation sites (N-methyl/N-ethyl adjacent to an activating group) is 1. The predicted molar refractivity (Wildman–Crippen MR) is 103 cm³/mol. The summed E-state index contributed by atoms with van der Waals surface area (Å²) in [5.74, 6) is -0.467. The minimum Gasteiger partial charge on any atom is -0.454 e. The number of hydrogen-bond acceptors (Lipinski definition) is 7. The Morgan fingerprint density at radius 1 is 1.32 bits per heavy atom. The van der Waals surface area contributed by atoms with Crippen LogP contribution in [-0.4, -0.2) is 57.8 Å². The van der Waals surface area contributed by atoms with Crippen molar-refractivity contribution in [3.63, 3.8) is 0 Å². The number of aryl methyl sites for hydroxylation is 2. The fraction of sp³-hybridized carbons (Fsp3) is 0.500. The fourth-order valence-corrected chi connectivity index (χ4v) is 4.08. The molecule has 3 rings (SSSR count). The SMILES string of the molecule is Cc1sc2nc([C@H](C)OC(=O)CCCN3C(=O)CN(C)C3=O)[nH]c(=O)c2c1C. The zero-order chi connectivity index (χ0) is 20.6. The summed E-state index contributed by atoms with van der Waals surface area (Å²) >= 11 is 1.43. The number of esters is 1. The van der Waals surface area contributed by atoms with Crippen molar-refractivity contribution in [3.05, 3.63) is 26.6 Å². The first-order valence-electron chi connectivity index (χ1n) is 8.94. The highest BCUT2D eigenvalue weighted by Crippen LogP contribution is 2.27. The molecule has 3 heterocycles. The minimum absolute atomic E-state index is 0.0504. The lowest BCUT2D eigenvalue weighted by atomic mass is 10.2. The maximum atomic E-state index is 12.3. The third-order valence-corrected chi connectivity index (χ3v) is 5.85. The van der Waals surface area contributed by atoms with Crippen LogP contribution < -0.4 is 5.56 Å². The number of thiophene rings is 1. The van der Waals surface area contributed by atoms with Gasteiger partial charge in [0, 0.05) is 24.9 Å². The maximum absolute atomic E-state index is 12.3. The van der Waals surface area contributed by atoms with Gasteiger partial charge >= 0.3 is 12.0 Å². The highest BCUT2D eigenvalue weighted by atomic mass is 32.1. The molecule has 1 N–H and O–H groups in total. The molecule has 0 spiro atoms. The summed E-state index contributed by atoms with van der Waals surface area (Å²) in [6, 6.07) is -0.358. The lowest BCUT2D eigenvalue weighted by Gasteiger charge is -2.15. The zero-order valence-electron chi connectivity index (χ0n) is 16.2. The van der Waals surface area contributed by atoms with Gasteiger partial charge < -0.3 is 14.6 Å². The van der Waals surface area contributed by atoms with E-state index in [1.54, 1.807) is 14.0 Å². The molecule has 1 saturated heterocycles. The number of hydrogen-bond donors (Lipinski definition) is 1. The molecule has 1 fully saturated rings. The molecule has 28 heavy (non-hydrogen) atoms. The molecule has 2 aromatic rings. The molecule has 10 heteroatoms. The van der Waals surface area contributed by atoms with E-state index in [1.165, 1.54) is 16.2 Å². The molecule has 0 unspecified atom stereocenters. The lowest BCUT2D eigenvalue weighted by molar-refractivity contribution is -0.149. The third-order valence-electron chi connectivity index (χ3n) is 4.74. The molecule has 0 radical (unpaired) electrons. The molecule has 0 aliphatic carbocycles. The number of nitrogens with one attached hydrogen (secondary N) is 1. The lowest BCUT2D eigenvalue weighted by Crippen LogP contribution is -2.32. The maximum Gasteiger partial charge on any atom is 0.326 e. The van der Waals surface area contributed by atoms with Gasteiger partial charge in [-0.25, -0.2) is 9.78 Å². The molecule has 0 saturated carbocycles. The number of H-pyrrole nitrogens is 1. The molecule has 2 aromatic heterocycles. The largest absolute Gasteiger partial charge is 0.454 e. The van der Waals surface area contributed by atoms with E-state index in [0.29, 0.717) is 22.5 Å². The summed E-state index contributed by atoms with van der Waals surface area (Å²) in [5, 5.41) is 0.565. The number of urea groups is 1. The van der Waals surface area contributed by atoms with Crippen LogP contribution in [0, 0.1) is 13.8 Å². The Kier molecular flexibility index (Phi) is 5.50. The summed E-state index contributed by atoms with van der Waals surface area (Å²) in [6.07, 6.45) is -0.355. The van der Waals surface area contributed by atoms with Gasteiger partial charge in [0.1, 0.15) is 11.4 Å². The van der Waals surface area contributed by atoms with Crippen molar-refractivity contribution in [2.75, 3.05) is 20.1 Å². The van der Waals surface area contributed by atoms with E-state index >= 15 is 0 Å². The van der Waals surface area contributed by atoms with E-state index in [-0.39, 0.29) is 37.0 Å². The average molecular weight is 406 g/mol. The van der Waals surface area contributed by atoms with Crippen LogP contribution in [0.4, 0.5) is 4.79 Å². The topological polar surface area (TPSA) is 113 Å². The first-order chi connectivity index (χ1) is 13.2. The molecule has 3 amide bonds. The van der Waals surface area contributed by atoms with Crippen LogP contribution in [0.15, 0.2) is 4.79 Å². The number of nitrogens with zero attached hydrogens (tertiary/aromatic N) is 3. The minimum atomic E-state index is -0.714. The molecule has 0 bridgehead atoms. The molecular weight excluding hydrogens is 384 g/mol. The van der Waals surface area contributed by atoms with Crippen molar-refractivity contribution in [3.8, 4) is 0 Å². The quantitative estimate of drug-likeness (QED) is 0.579. The van der Waals surface area contributed by atoms with E-state index in [0.717, 1.165) is 15.3 Å². The van der Waals surface area contributed by atoms with E-state index in [4.69, 9.17) is 4.74 Å². The third kappa shape index (κ3) is 3.77. The number of fused-ring (bicyclic) bond motifs is 1. The van der Waals surface area contributed by atoms with Gasteiger partial charge in [0.05, 0.1) is 5.39 Å².